The molecular weight excluding hydrogens is 416 g/mol. The third kappa shape index (κ3) is 4.64. The highest BCUT2D eigenvalue weighted by Crippen LogP contribution is 2.23. The average molecular weight is 447 g/mol. The number of fused-ring (bicyclic) bond motifs is 1. The molecule has 0 aliphatic heterocycles. The Hall–Kier alpha value is -2.72. The third-order valence-electron chi connectivity index (χ3n) is 5.29. The summed E-state index contributed by atoms with van der Waals surface area (Å²) in [5.41, 5.74) is 1.43. The summed E-state index contributed by atoms with van der Waals surface area (Å²) >= 11 is 0. The van der Waals surface area contributed by atoms with Crippen molar-refractivity contribution in [1.29, 1.82) is 0 Å². The predicted molar refractivity (Wildman–Crippen MR) is 120 cm³/mol. The molecule has 9 nitrogen and oxygen atoms in total. The van der Waals surface area contributed by atoms with Crippen molar-refractivity contribution in [2.45, 2.75) is 51.5 Å². The number of rotatable bonds is 9. The van der Waals surface area contributed by atoms with Crippen LogP contribution in [0.1, 0.15) is 46.0 Å². The molecule has 0 bridgehead atoms. The topological polar surface area (TPSA) is 102 Å². The van der Waals surface area contributed by atoms with Crippen LogP contribution in [0.2, 0.25) is 0 Å². The van der Waals surface area contributed by atoms with Crippen LogP contribution in [-0.4, -0.2) is 51.1 Å². The van der Waals surface area contributed by atoms with Gasteiger partial charge in [-0.2, -0.15) is 9.40 Å². The number of carbonyl (C=O) groups excluding carboxylic acids is 1. The molecule has 0 saturated heterocycles. The number of nitrogens with zero attached hydrogens (tertiary/aromatic N) is 5. The summed E-state index contributed by atoms with van der Waals surface area (Å²) in [6, 6.07) is 6.90. The molecule has 0 radical (unpaired) electrons. The lowest BCUT2D eigenvalue weighted by Crippen LogP contribution is -2.30. The highest BCUT2D eigenvalue weighted by Gasteiger charge is 2.23. The van der Waals surface area contributed by atoms with E-state index in [2.05, 4.69) is 15.4 Å². The monoisotopic (exact) mass is 446 g/mol. The Kier molecular flexibility index (Phi) is 6.80. The maximum Gasteiger partial charge on any atom is 0.243 e. The minimum Gasteiger partial charge on any atom is -0.331 e. The van der Waals surface area contributed by atoms with Crippen molar-refractivity contribution in [3.8, 4) is 0 Å². The number of hydrogen-bond donors (Lipinski definition) is 1. The zero-order chi connectivity index (χ0) is 22.8. The molecule has 10 heteroatoms. The van der Waals surface area contributed by atoms with Crippen LogP contribution in [0.25, 0.3) is 11.0 Å². The van der Waals surface area contributed by atoms with Crippen molar-refractivity contribution in [3.05, 3.63) is 36.3 Å². The fraction of sp³-hybridized carbons (Fsp3) is 0.476. The number of hydrogen-bond acceptors (Lipinski definition) is 5. The first kappa shape index (κ1) is 23.0. The second-order valence-electron chi connectivity index (χ2n) is 7.63. The SMILES string of the molecule is CCN(CC)S(=O)(=O)c1ccc2c(c1)nc(CCC(=O)Nc1ccnn1C(C)C)n2C. The largest absolute Gasteiger partial charge is 0.331 e. The van der Waals surface area contributed by atoms with Crippen molar-refractivity contribution in [2.24, 2.45) is 7.05 Å². The smallest absolute Gasteiger partial charge is 0.243 e. The summed E-state index contributed by atoms with van der Waals surface area (Å²) in [6.07, 6.45) is 2.35. The molecule has 1 amide bonds. The van der Waals surface area contributed by atoms with Gasteiger partial charge in [-0.25, -0.2) is 18.1 Å². The number of nitrogens with one attached hydrogen (secondary N) is 1. The molecule has 31 heavy (non-hydrogen) atoms. The summed E-state index contributed by atoms with van der Waals surface area (Å²) < 4.78 is 30.7. The van der Waals surface area contributed by atoms with Gasteiger partial charge in [0.15, 0.2) is 0 Å². The highest BCUT2D eigenvalue weighted by atomic mass is 32.2. The molecule has 2 aromatic heterocycles. The Labute approximate surface area is 183 Å². The van der Waals surface area contributed by atoms with Gasteiger partial charge in [0.05, 0.1) is 22.1 Å². The van der Waals surface area contributed by atoms with Crippen LogP contribution in [0, 0.1) is 0 Å². The molecule has 0 aliphatic carbocycles. The number of amides is 1. The number of imidazole rings is 1. The molecule has 0 aliphatic rings. The predicted octanol–water partition coefficient (Wildman–Crippen LogP) is 2.95. The van der Waals surface area contributed by atoms with Gasteiger partial charge in [0.25, 0.3) is 0 Å². The lowest BCUT2D eigenvalue weighted by Gasteiger charge is -2.18. The number of anilines is 1. The molecule has 0 fully saturated rings. The van der Waals surface area contributed by atoms with Gasteiger partial charge < -0.3 is 9.88 Å². The van der Waals surface area contributed by atoms with E-state index in [1.807, 2.05) is 39.3 Å². The van der Waals surface area contributed by atoms with Crippen LogP contribution in [-0.2, 0) is 28.3 Å². The van der Waals surface area contributed by atoms with E-state index in [0.717, 1.165) is 11.3 Å². The summed E-state index contributed by atoms with van der Waals surface area (Å²) in [4.78, 5) is 17.3. The summed E-state index contributed by atoms with van der Waals surface area (Å²) in [5, 5.41) is 7.10. The molecular formula is C21H30N6O3S. The summed E-state index contributed by atoms with van der Waals surface area (Å²) in [7, 11) is -1.68. The second-order valence-corrected chi connectivity index (χ2v) is 9.57. The third-order valence-corrected chi connectivity index (χ3v) is 7.34. The van der Waals surface area contributed by atoms with E-state index in [1.54, 1.807) is 35.1 Å². The quantitative estimate of drug-likeness (QED) is 0.544. The minimum absolute atomic E-state index is 0.126. The van der Waals surface area contributed by atoms with Crippen molar-refractivity contribution in [2.75, 3.05) is 18.4 Å². The molecule has 168 valence electrons. The Morgan fingerprint density at radius 1 is 1.19 bits per heavy atom. The van der Waals surface area contributed by atoms with Crippen molar-refractivity contribution < 1.29 is 13.2 Å². The van der Waals surface area contributed by atoms with Crippen molar-refractivity contribution in [3.63, 3.8) is 0 Å². The zero-order valence-electron chi connectivity index (χ0n) is 18.7. The number of benzene rings is 1. The van der Waals surface area contributed by atoms with Gasteiger partial charge in [0.1, 0.15) is 11.6 Å². The first-order valence-electron chi connectivity index (χ1n) is 10.5. The van der Waals surface area contributed by atoms with Gasteiger partial charge in [-0.05, 0) is 32.0 Å². The fourth-order valence-electron chi connectivity index (χ4n) is 3.58. The number of carbonyl (C=O) groups is 1. The summed E-state index contributed by atoms with van der Waals surface area (Å²) in [6.45, 7) is 8.45. The van der Waals surface area contributed by atoms with E-state index < -0.39 is 10.0 Å². The molecule has 1 aromatic carbocycles. The van der Waals surface area contributed by atoms with Crippen LogP contribution < -0.4 is 5.32 Å². The van der Waals surface area contributed by atoms with E-state index in [1.165, 1.54) is 4.31 Å². The van der Waals surface area contributed by atoms with Gasteiger partial charge in [-0.15, -0.1) is 0 Å². The summed E-state index contributed by atoms with van der Waals surface area (Å²) in [5.74, 6) is 1.26. The van der Waals surface area contributed by atoms with Gasteiger partial charge in [-0.1, -0.05) is 13.8 Å². The van der Waals surface area contributed by atoms with Gasteiger partial charge in [0.2, 0.25) is 15.9 Å². The minimum atomic E-state index is -3.55. The van der Waals surface area contributed by atoms with E-state index in [-0.39, 0.29) is 23.3 Å². The lowest BCUT2D eigenvalue weighted by molar-refractivity contribution is -0.116. The van der Waals surface area contributed by atoms with Crippen LogP contribution in [0.4, 0.5) is 5.82 Å². The number of aryl methyl sites for hydroxylation is 2. The van der Waals surface area contributed by atoms with E-state index in [4.69, 9.17) is 0 Å². The Morgan fingerprint density at radius 2 is 1.90 bits per heavy atom. The highest BCUT2D eigenvalue weighted by molar-refractivity contribution is 7.89. The fourth-order valence-corrected chi connectivity index (χ4v) is 5.06. The van der Waals surface area contributed by atoms with Gasteiger partial charge >= 0.3 is 0 Å². The molecule has 1 N–H and O–H groups in total. The number of sulfonamides is 1. The van der Waals surface area contributed by atoms with Crippen LogP contribution in [0.5, 0.6) is 0 Å². The van der Waals surface area contributed by atoms with Crippen LogP contribution >= 0.6 is 0 Å². The standard InChI is InChI=1S/C21H30N6O3S/c1-6-26(7-2)31(29,30)16-8-9-18-17(14-16)23-19(25(18)5)10-11-21(28)24-20-12-13-22-27(20)15(3)4/h8-9,12-15H,6-7,10-11H2,1-5H3,(H,24,28). The van der Waals surface area contributed by atoms with E-state index in [0.29, 0.717) is 30.8 Å². The number of aromatic nitrogens is 4. The zero-order valence-corrected chi connectivity index (χ0v) is 19.5. The first-order valence-corrected chi connectivity index (χ1v) is 11.9. The van der Waals surface area contributed by atoms with Gasteiger partial charge in [0, 0.05) is 45.1 Å². The Morgan fingerprint density at radius 3 is 2.55 bits per heavy atom. The molecule has 2 heterocycles. The van der Waals surface area contributed by atoms with Crippen molar-refractivity contribution in [1.82, 2.24) is 23.6 Å². The van der Waals surface area contributed by atoms with Gasteiger partial charge in [-0.3, -0.25) is 4.79 Å². The molecule has 3 rings (SSSR count). The molecule has 3 aromatic rings. The van der Waals surface area contributed by atoms with Crippen molar-refractivity contribution >= 4 is 32.8 Å². The second kappa shape index (κ2) is 9.19. The Bertz CT molecular complexity index is 1180. The van der Waals surface area contributed by atoms with Crippen LogP contribution in [0.3, 0.4) is 0 Å². The normalized spacial score (nSPS) is 12.2. The Balaban J connectivity index is 1.77. The molecule has 0 spiro atoms. The maximum absolute atomic E-state index is 12.8. The average Bonchev–Trinajstić information content (AvgIpc) is 3.31. The maximum atomic E-state index is 12.8. The molecule has 0 atom stereocenters. The molecule has 0 unspecified atom stereocenters. The lowest BCUT2D eigenvalue weighted by atomic mass is 10.3. The first-order chi connectivity index (χ1) is 14.7. The van der Waals surface area contributed by atoms with E-state index >= 15 is 0 Å². The molecule has 0 saturated carbocycles. The van der Waals surface area contributed by atoms with Crippen LogP contribution in [0.15, 0.2) is 35.4 Å². The van der Waals surface area contributed by atoms with E-state index in [9.17, 15) is 13.2 Å².